The normalized spacial score (nSPS) is 20.7. The standard InChI is InChI=1S/C14H15BrN2O3/c1-8-2-4-11(7-12(8)15)17-14(20)16-10-5-3-9(6-10)13(18)19/h2-5,7,9-10H,6H2,1H3,(H,18,19)(H2,16,17,20). The van der Waals surface area contributed by atoms with Crippen LogP contribution in [0.25, 0.3) is 0 Å². The van der Waals surface area contributed by atoms with E-state index in [0.717, 1.165) is 10.0 Å². The van der Waals surface area contributed by atoms with Crippen LogP contribution < -0.4 is 10.6 Å². The molecular weight excluding hydrogens is 324 g/mol. The van der Waals surface area contributed by atoms with E-state index in [2.05, 4.69) is 26.6 Å². The number of benzene rings is 1. The van der Waals surface area contributed by atoms with Crippen molar-refractivity contribution in [1.29, 1.82) is 0 Å². The second-order valence-electron chi connectivity index (χ2n) is 4.73. The van der Waals surface area contributed by atoms with Gasteiger partial charge in [0.05, 0.1) is 12.0 Å². The fourth-order valence-corrected chi connectivity index (χ4v) is 2.37. The molecule has 0 saturated heterocycles. The van der Waals surface area contributed by atoms with E-state index in [1.165, 1.54) is 0 Å². The predicted molar refractivity (Wildman–Crippen MR) is 79.7 cm³/mol. The summed E-state index contributed by atoms with van der Waals surface area (Å²) in [5, 5.41) is 14.3. The highest BCUT2D eigenvalue weighted by atomic mass is 79.9. The third-order valence-corrected chi connectivity index (χ3v) is 4.00. The molecule has 0 bridgehead atoms. The molecule has 0 heterocycles. The maximum Gasteiger partial charge on any atom is 0.319 e. The number of nitrogens with one attached hydrogen (secondary N) is 2. The number of amides is 2. The summed E-state index contributed by atoms with van der Waals surface area (Å²) < 4.78 is 0.919. The number of hydrogen-bond donors (Lipinski definition) is 3. The van der Waals surface area contributed by atoms with Crippen LogP contribution in [-0.2, 0) is 4.79 Å². The van der Waals surface area contributed by atoms with Crippen LogP contribution in [0, 0.1) is 12.8 Å². The molecule has 6 heteroatoms. The largest absolute Gasteiger partial charge is 0.481 e. The van der Waals surface area contributed by atoms with Crippen LogP contribution in [-0.4, -0.2) is 23.1 Å². The lowest BCUT2D eigenvalue weighted by molar-refractivity contribution is -0.140. The SMILES string of the molecule is Cc1ccc(NC(=O)NC2C=CC(C(=O)O)C2)cc1Br. The topological polar surface area (TPSA) is 78.4 Å². The number of carbonyl (C=O) groups excluding carboxylic acids is 1. The molecule has 1 aliphatic rings. The number of anilines is 1. The molecule has 106 valence electrons. The number of urea groups is 1. The van der Waals surface area contributed by atoms with Gasteiger partial charge in [-0.25, -0.2) is 4.79 Å². The van der Waals surface area contributed by atoms with Crippen molar-refractivity contribution in [1.82, 2.24) is 5.32 Å². The van der Waals surface area contributed by atoms with E-state index in [-0.39, 0.29) is 12.1 Å². The minimum absolute atomic E-state index is 0.245. The first-order valence-electron chi connectivity index (χ1n) is 6.20. The lowest BCUT2D eigenvalue weighted by atomic mass is 10.1. The van der Waals surface area contributed by atoms with Gasteiger partial charge in [-0.15, -0.1) is 0 Å². The summed E-state index contributed by atoms with van der Waals surface area (Å²) in [5.41, 5.74) is 1.76. The molecule has 1 aromatic rings. The fourth-order valence-electron chi connectivity index (χ4n) is 2.00. The summed E-state index contributed by atoms with van der Waals surface area (Å²) in [6.45, 7) is 1.96. The van der Waals surface area contributed by atoms with Gasteiger partial charge < -0.3 is 15.7 Å². The molecule has 5 nitrogen and oxygen atoms in total. The molecule has 2 amide bonds. The summed E-state index contributed by atoms with van der Waals surface area (Å²) in [5.74, 6) is -1.39. The summed E-state index contributed by atoms with van der Waals surface area (Å²) in [7, 11) is 0. The number of carboxylic acid groups (broad SMARTS) is 1. The summed E-state index contributed by atoms with van der Waals surface area (Å²) >= 11 is 3.40. The average molecular weight is 339 g/mol. The van der Waals surface area contributed by atoms with Crippen LogP contribution in [0.3, 0.4) is 0 Å². The van der Waals surface area contributed by atoms with Crippen LogP contribution in [0.15, 0.2) is 34.8 Å². The Morgan fingerprint density at radius 1 is 1.35 bits per heavy atom. The van der Waals surface area contributed by atoms with Gasteiger partial charge in [0.25, 0.3) is 0 Å². The molecular formula is C14H15BrN2O3. The zero-order valence-corrected chi connectivity index (χ0v) is 12.5. The predicted octanol–water partition coefficient (Wildman–Crippen LogP) is 2.91. The molecule has 1 aliphatic carbocycles. The van der Waals surface area contributed by atoms with Crippen molar-refractivity contribution in [2.75, 3.05) is 5.32 Å². The van der Waals surface area contributed by atoms with Crippen LogP contribution in [0.4, 0.5) is 10.5 Å². The molecule has 0 spiro atoms. The number of aliphatic carboxylic acids is 1. The van der Waals surface area contributed by atoms with Crippen molar-refractivity contribution in [2.45, 2.75) is 19.4 Å². The number of carboxylic acids is 1. The lowest BCUT2D eigenvalue weighted by Crippen LogP contribution is -2.36. The summed E-state index contributed by atoms with van der Waals surface area (Å²) in [6, 6.07) is 4.94. The van der Waals surface area contributed by atoms with Crippen molar-refractivity contribution in [3.05, 3.63) is 40.4 Å². The van der Waals surface area contributed by atoms with Gasteiger partial charge in [-0.3, -0.25) is 4.79 Å². The molecule has 2 rings (SSSR count). The van der Waals surface area contributed by atoms with E-state index in [1.807, 2.05) is 25.1 Å². The van der Waals surface area contributed by atoms with Gasteiger partial charge in [-0.2, -0.15) is 0 Å². The molecule has 20 heavy (non-hydrogen) atoms. The zero-order chi connectivity index (χ0) is 14.7. The second-order valence-corrected chi connectivity index (χ2v) is 5.59. The average Bonchev–Trinajstić information content (AvgIpc) is 2.82. The highest BCUT2D eigenvalue weighted by Gasteiger charge is 2.25. The third-order valence-electron chi connectivity index (χ3n) is 3.15. The number of hydrogen-bond acceptors (Lipinski definition) is 2. The first-order chi connectivity index (χ1) is 9.45. The van der Waals surface area contributed by atoms with Crippen molar-refractivity contribution >= 4 is 33.6 Å². The van der Waals surface area contributed by atoms with Gasteiger partial charge in [-0.05, 0) is 31.0 Å². The van der Waals surface area contributed by atoms with Gasteiger partial charge in [0.1, 0.15) is 0 Å². The smallest absolute Gasteiger partial charge is 0.319 e. The second kappa shape index (κ2) is 6.09. The van der Waals surface area contributed by atoms with Gasteiger partial charge in [0.15, 0.2) is 0 Å². The maximum absolute atomic E-state index is 11.8. The Hall–Kier alpha value is -1.82. The third kappa shape index (κ3) is 3.60. The molecule has 0 saturated carbocycles. The number of halogens is 1. The molecule has 2 unspecified atom stereocenters. The van der Waals surface area contributed by atoms with E-state index >= 15 is 0 Å². The van der Waals surface area contributed by atoms with Crippen LogP contribution >= 0.6 is 15.9 Å². The van der Waals surface area contributed by atoms with Gasteiger partial charge >= 0.3 is 12.0 Å². The monoisotopic (exact) mass is 338 g/mol. The van der Waals surface area contributed by atoms with E-state index in [4.69, 9.17) is 5.11 Å². The highest BCUT2D eigenvalue weighted by Crippen LogP contribution is 2.21. The quantitative estimate of drug-likeness (QED) is 0.741. The number of aryl methyl sites for hydroxylation is 1. The van der Waals surface area contributed by atoms with Crippen LogP contribution in [0.1, 0.15) is 12.0 Å². The van der Waals surface area contributed by atoms with Crippen molar-refractivity contribution in [3.63, 3.8) is 0 Å². The van der Waals surface area contributed by atoms with Crippen molar-refractivity contribution < 1.29 is 14.7 Å². The van der Waals surface area contributed by atoms with Gasteiger partial charge in [0.2, 0.25) is 0 Å². The maximum atomic E-state index is 11.8. The summed E-state index contributed by atoms with van der Waals surface area (Å²) in [4.78, 5) is 22.6. The Labute approximate surface area is 125 Å². The Morgan fingerprint density at radius 3 is 2.70 bits per heavy atom. The number of rotatable bonds is 3. The van der Waals surface area contributed by atoms with Crippen LogP contribution in [0.5, 0.6) is 0 Å². The van der Waals surface area contributed by atoms with E-state index in [9.17, 15) is 9.59 Å². The molecule has 0 fully saturated rings. The van der Waals surface area contributed by atoms with Crippen molar-refractivity contribution in [3.8, 4) is 0 Å². The van der Waals surface area contributed by atoms with Crippen LogP contribution in [0.2, 0.25) is 0 Å². The Bertz CT molecular complexity index is 572. The lowest BCUT2D eigenvalue weighted by Gasteiger charge is -2.13. The Morgan fingerprint density at radius 2 is 2.10 bits per heavy atom. The minimum atomic E-state index is -0.867. The van der Waals surface area contributed by atoms with Crippen molar-refractivity contribution in [2.24, 2.45) is 5.92 Å². The minimum Gasteiger partial charge on any atom is -0.481 e. The molecule has 0 aliphatic heterocycles. The fraction of sp³-hybridized carbons (Fsp3) is 0.286. The Kier molecular flexibility index (Phi) is 4.44. The molecule has 0 radical (unpaired) electrons. The highest BCUT2D eigenvalue weighted by molar-refractivity contribution is 9.10. The van der Waals surface area contributed by atoms with Gasteiger partial charge in [-0.1, -0.05) is 34.1 Å². The number of carbonyl (C=O) groups is 2. The molecule has 1 aromatic carbocycles. The molecule has 3 N–H and O–H groups in total. The molecule has 2 atom stereocenters. The summed E-state index contributed by atoms with van der Waals surface area (Å²) in [6.07, 6.45) is 3.71. The Balaban J connectivity index is 1.89. The zero-order valence-electron chi connectivity index (χ0n) is 10.9. The van der Waals surface area contributed by atoms with Gasteiger partial charge in [0, 0.05) is 10.2 Å². The molecule has 0 aromatic heterocycles. The van der Waals surface area contributed by atoms with E-state index in [0.29, 0.717) is 12.1 Å². The van der Waals surface area contributed by atoms with E-state index in [1.54, 1.807) is 12.2 Å². The first-order valence-corrected chi connectivity index (χ1v) is 7.00. The first kappa shape index (κ1) is 14.6. The van der Waals surface area contributed by atoms with E-state index < -0.39 is 11.9 Å².